The van der Waals surface area contributed by atoms with Crippen LogP contribution >= 0.6 is 0 Å². The third-order valence-corrected chi connectivity index (χ3v) is 6.40. The van der Waals surface area contributed by atoms with Gasteiger partial charge in [-0.3, -0.25) is 19.1 Å². The number of benzene rings is 1. The van der Waals surface area contributed by atoms with E-state index in [0.29, 0.717) is 5.57 Å². The van der Waals surface area contributed by atoms with Gasteiger partial charge in [0.15, 0.2) is 0 Å². The first-order valence-corrected chi connectivity index (χ1v) is 11.2. The number of fused-ring (bicyclic) bond motifs is 3. The van der Waals surface area contributed by atoms with Crippen molar-refractivity contribution in [2.45, 2.75) is 18.9 Å². The van der Waals surface area contributed by atoms with Crippen LogP contribution in [0.2, 0.25) is 0 Å². The van der Waals surface area contributed by atoms with E-state index in [0.717, 1.165) is 64.7 Å². The van der Waals surface area contributed by atoms with Gasteiger partial charge in [-0.1, -0.05) is 12.1 Å². The van der Waals surface area contributed by atoms with Crippen LogP contribution in [0.25, 0.3) is 38.6 Å². The van der Waals surface area contributed by atoms with Crippen LogP contribution in [0.3, 0.4) is 0 Å². The number of imidazole rings is 1. The van der Waals surface area contributed by atoms with Gasteiger partial charge in [0.25, 0.3) is 0 Å². The molecule has 168 valence electrons. The van der Waals surface area contributed by atoms with Crippen molar-refractivity contribution in [3.8, 4) is 11.1 Å². The summed E-state index contributed by atoms with van der Waals surface area (Å²) in [6.07, 6.45) is 8.69. The monoisotopic (exact) mass is 441 g/mol. The number of allylic oxidation sites excluding steroid dienone is 1. The molecule has 0 aliphatic carbocycles. The van der Waals surface area contributed by atoms with Crippen molar-refractivity contribution in [1.82, 2.24) is 29.7 Å². The first-order chi connectivity index (χ1) is 16.1. The molecule has 1 aliphatic heterocycles. The summed E-state index contributed by atoms with van der Waals surface area (Å²) in [6, 6.07) is 10.2. The highest BCUT2D eigenvalue weighted by Gasteiger charge is 2.23. The Kier molecular flexibility index (Phi) is 5.51. The highest BCUT2D eigenvalue weighted by atomic mass is 16.1. The van der Waals surface area contributed by atoms with Crippen molar-refractivity contribution in [1.29, 1.82) is 5.41 Å². The Morgan fingerprint density at radius 2 is 2.06 bits per heavy atom. The van der Waals surface area contributed by atoms with Gasteiger partial charge in [-0.2, -0.15) is 0 Å². The van der Waals surface area contributed by atoms with Crippen molar-refractivity contribution in [3.05, 3.63) is 65.1 Å². The molecule has 4 aromatic rings. The van der Waals surface area contributed by atoms with Gasteiger partial charge in [0, 0.05) is 55.8 Å². The van der Waals surface area contributed by atoms with E-state index in [1.54, 1.807) is 24.0 Å². The average Bonchev–Trinajstić information content (AvgIpc) is 3.13. The number of pyridine rings is 2. The Balaban J connectivity index is 1.66. The summed E-state index contributed by atoms with van der Waals surface area (Å²) in [5.74, 6) is 0. The number of rotatable bonds is 5. The molecule has 8 nitrogen and oxygen atoms in total. The fourth-order valence-electron chi connectivity index (χ4n) is 4.68. The van der Waals surface area contributed by atoms with Crippen molar-refractivity contribution < 1.29 is 0 Å². The summed E-state index contributed by atoms with van der Waals surface area (Å²) in [6.45, 7) is 1.79. The van der Waals surface area contributed by atoms with E-state index >= 15 is 0 Å². The smallest absolute Gasteiger partial charge is 0.329 e. The summed E-state index contributed by atoms with van der Waals surface area (Å²) in [4.78, 5) is 22.4. The molecule has 33 heavy (non-hydrogen) atoms. The molecule has 1 saturated heterocycles. The molecular formula is C25H27N7O. The lowest BCUT2D eigenvalue weighted by Crippen LogP contribution is -2.36. The quantitative estimate of drug-likeness (QED) is 0.413. The second-order valence-corrected chi connectivity index (χ2v) is 8.40. The Bertz CT molecular complexity index is 1420. The number of aryl methyl sites for hydroxylation is 1. The number of nitrogens with one attached hydrogen (secondary N) is 3. The van der Waals surface area contributed by atoms with Gasteiger partial charge in [-0.25, -0.2) is 4.79 Å². The van der Waals surface area contributed by atoms with Crippen LogP contribution in [0.15, 0.2) is 53.7 Å². The molecule has 0 spiro atoms. The number of piperidine rings is 1. The van der Waals surface area contributed by atoms with Crippen molar-refractivity contribution in [2.75, 3.05) is 20.1 Å². The summed E-state index contributed by atoms with van der Waals surface area (Å²) in [7, 11) is 3.62. The van der Waals surface area contributed by atoms with E-state index in [1.807, 2.05) is 42.1 Å². The minimum absolute atomic E-state index is 0.0000770. The molecule has 1 fully saturated rings. The third kappa shape index (κ3) is 3.62. The maximum absolute atomic E-state index is 13.2. The fraction of sp³-hybridized carbons (Fsp3) is 0.280. The SMILES string of the molecule is CN/C=C(\C=N)c1ccc(-c2ccc3ncc4c(c3c2)n(C2CCCNC2)c(=O)n4C)cn1. The summed E-state index contributed by atoms with van der Waals surface area (Å²) >= 11 is 0. The molecule has 1 aromatic carbocycles. The molecule has 1 aliphatic rings. The van der Waals surface area contributed by atoms with Crippen LogP contribution in [0.1, 0.15) is 24.6 Å². The molecular weight excluding hydrogens is 414 g/mol. The molecule has 1 unspecified atom stereocenters. The third-order valence-electron chi connectivity index (χ3n) is 6.40. The molecule has 0 amide bonds. The van der Waals surface area contributed by atoms with Crippen molar-refractivity contribution in [2.24, 2.45) is 7.05 Å². The predicted molar refractivity (Wildman–Crippen MR) is 133 cm³/mol. The molecule has 4 heterocycles. The standard InChI is InChI=1S/C25H27N7O/c1-27-12-18(11-26)21-7-6-17(13-29-21)16-5-8-22-20(10-16)24-23(15-30-22)31(2)25(33)32(24)19-4-3-9-28-14-19/h5-8,10-13,15,19,26-28H,3-4,9,14H2,1-2H3/b18-12+,26-11?. The fourth-order valence-corrected chi connectivity index (χ4v) is 4.68. The normalized spacial score (nSPS) is 16.9. The number of hydrogen-bond donors (Lipinski definition) is 3. The van der Waals surface area contributed by atoms with E-state index in [4.69, 9.17) is 5.41 Å². The lowest BCUT2D eigenvalue weighted by atomic mass is 10.0. The van der Waals surface area contributed by atoms with Crippen LogP contribution in [-0.2, 0) is 7.05 Å². The number of nitrogens with zero attached hydrogens (tertiary/aromatic N) is 4. The van der Waals surface area contributed by atoms with Gasteiger partial charge in [-0.15, -0.1) is 0 Å². The lowest BCUT2D eigenvalue weighted by molar-refractivity contribution is 0.369. The highest BCUT2D eigenvalue weighted by molar-refractivity contribution is 6.07. The Labute approximate surface area is 191 Å². The zero-order chi connectivity index (χ0) is 22.9. The molecule has 8 heteroatoms. The minimum Gasteiger partial charge on any atom is -0.393 e. The Morgan fingerprint density at radius 3 is 2.76 bits per heavy atom. The molecule has 5 rings (SSSR count). The molecule has 0 saturated carbocycles. The van der Waals surface area contributed by atoms with E-state index < -0.39 is 0 Å². The first-order valence-electron chi connectivity index (χ1n) is 11.2. The number of aromatic nitrogens is 4. The van der Waals surface area contributed by atoms with Crippen LogP contribution in [0.5, 0.6) is 0 Å². The van der Waals surface area contributed by atoms with Gasteiger partial charge < -0.3 is 16.0 Å². The van der Waals surface area contributed by atoms with E-state index in [2.05, 4.69) is 26.7 Å². The van der Waals surface area contributed by atoms with Gasteiger partial charge in [0.1, 0.15) is 0 Å². The van der Waals surface area contributed by atoms with Crippen LogP contribution in [-0.4, -0.2) is 45.5 Å². The van der Waals surface area contributed by atoms with Gasteiger partial charge in [0.05, 0.1) is 34.5 Å². The molecule has 3 aromatic heterocycles. The maximum Gasteiger partial charge on any atom is 0.329 e. The Hall–Kier alpha value is -3.78. The van der Waals surface area contributed by atoms with Crippen molar-refractivity contribution in [3.63, 3.8) is 0 Å². The predicted octanol–water partition coefficient (Wildman–Crippen LogP) is 3.08. The summed E-state index contributed by atoms with van der Waals surface area (Å²) in [5.41, 5.74) is 6.07. The van der Waals surface area contributed by atoms with Gasteiger partial charge >= 0.3 is 5.69 Å². The lowest BCUT2D eigenvalue weighted by Gasteiger charge is -2.24. The molecule has 1 atom stereocenters. The summed E-state index contributed by atoms with van der Waals surface area (Å²) in [5, 5.41) is 14.9. The zero-order valence-corrected chi connectivity index (χ0v) is 18.8. The topological polar surface area (TPSA) is 101 Å². The van der Waals surface area contributed by atoms with E-state index in [1.165, 1.54) is 6.21 Å². The molecule has 3 N–H and O–H groups in total. The van der Waals surface area contributed by atoms with Crippen LogP contribution in [0, 0.1) is 5.41 Å². The van der Waals surface area contributed by atoms with Gasteiger partial charge in [0.2, 0.25) is 0 Å². The van der Waals surface area contributed by atoms with E-state index in [-0.39, 0.29) is 11.7 Å². The second kappa shape index (κ2) is 8.63. The Morgan fingerprint density at radius 1 is 1.21 bits per heavy atom. The second-order valence-electron chi connectivity index (χ2n) is 8.40. The largest absolute Gasteiger partial charge is 0.393 e. The maximum atomic E-state index is 13.2. The highest BCUT2D eigenvalue weighted by Crippen LogP contribution is 2.31. The van der Waals surface area contributed by atoms with Crippen LogP contribution < -0.4 is 16.3 Å². The minimum atomic E-state index is -0.0000770. The van der Waals surface area contributed by atoms with Crippen LogP contribution in [0.4, 0.5) is 0 Å². The average molecular weight is 442 g/mol. The number of hydrogen-bond acceptors (Lipinski definition) is 6. The van der Waals surface area contributed by atoms with Crippen molar-refractivity contribution >= 4 is 33.7 Å². The molecule has 0 radical (unpaired) electrons. The zero-order valence-electron chi connectivity index (χ0n) is 18.8. The first kappa shape index (κ1) is 21.1. The molecule has 0 bridgehead atoms. The van der Waals surface area contributed by atoms with E-state index in [9.17, 15) is 4.79 Å². The van der Waals surface area contributed by atoms with Gasteiger partial charge in [-0.05, 0) is 43.1 Å². The summed E-state index contributed by atoms with van der Waals surface area (Å²) < 4.78 is 3.65.